The Bertz CT molecular complexity index is 741. The summed E-state index contributed by atoms with van der Waals surface area (Å²) in [6.07, 6.45) is 3.58. The van der Waals surface area contributed by atoms with Gasteiger partial charge in [0.15, 0.2) is 24.3 Å². The van der Waals surface area contributed by atoms with E-state index in [1.165, 1.54) is 0 Å². The van der Waals surface area contributed by atoms with Gasteiger partial charge in [-0.05, 0) is 31.4 Å². The van der Waals surface area contributed by atoms with E-state index in [1.807, 2.05) is 6.07 Å². The summed E-state index contributed by atoms with van der Waals surface area (Å²) < 4.78 is 33.5. The normalized spacial score (nSPS) is 30.2. The fourth-order valence-electron chi connectivity index (χ4n) is 4.62. The standard InChI is InChI=1S/C19H30NO8P/c1-25-18-8-7-15(11-19(18)26-2)28-17-6-4-3-5-16(17)20(10-9-14(21)12-20)13-27-29(22,23)24/h7-8,11,14,16-17,21H,3-6,9-10,12-13H2,1-2H3,(H-,22,23,24)/p+1/t14-,16+,17-,20+/m1/s1. The average molecular weight is 432 g/mol. The molecule has 1 heterocycles. The number of rotatable bonds is 8. The Labute approximate surface area is 171 Å². The van der Waals surface area contributed by atoms with E-state index in [2.05, 4.69) is 0 Å². The van der Waals surface area contributed by atoms with Crippen molar-refractivity contribution in [2.24, 2.45) is 0 Å². The second-order valence-corrected chi connectivity index (χ2v) is 9.08. The molecule has 0 spiro atoms. The molecule has 1 aliphatic carbocycles. The monoisotopic (exact) mass is 432 g/mol. The third-order valence-corrected chi connectivity index (χ3v) is 6.43. The number of hydrogen-bond donors (Lipinski definition) is 3. The summed E-state index contributed by atoms with van der Waals surface area (Å²) in [6.45, 7) is 0.853. The fraction of sp³-hybridized carbons (Fsp3) is 0.684. The molecule has 0 aromatic heterocycles. The zero-order valence-electron chi connectivity index (χ0n) is 16.9. The van der Waals surface area contributed by atoms with Crippen LogP contribution in [0.25, 0.3) is 0 Å². The van der Waals surface area contributed by atoms with E-state index in [-0.39, 0.29) is 18.9 Å². The van der Waals surface area contributed by atoms with Crippen molar-refractivity contribution < 1.29 is 42.7 Å². The summed E-state index contributed by atoms with van der Waals surface area (Å²) in [5.41, 5.74) is 0. The Morgan fingerprint density at radius 2 is 1.83 bits per heavy atom. The molecule has 3 N–H and O–H groups in total. The lowest BCUT2D eigenvalue weighted by Crippen LogP contribution is -2.61. The number of phosphoric acid groups is 1. The Kier molecular flexibility index (Phi) is 7.09. The molecule has 2 fully saturated rings. The maximum atomic E-state index is 11.3. The molecule has 1 aliphatic heterocycles. The number of ether oxygens (including phenoxy) is 3. The number of benzene rings is 1. The molecule has 164 valence electrons. The lowest BCUT2D eigenvalue weighted by molar-refractivity contribution is -0.959. The first-order valence-electron chi connectivity index (χ1n) is 9.89. The summed E-state index contributed by atoms with van der Waals surface area (Å²) in [4.78, 5) is 18.4. The highest BCUT2D eigenvalue weighted by molar-refractivity contribution is 7.46. The first-order valence-corrected chi connectivity index (χ1v) is 11.4. The van der Waals surface area contributed by atoms with Crippen molar-refractivity contribution in [3.05, 3.63) is 18.2 Å². The second kappa shape index (κ2) is 9.20. The molecule has 0 unspecified atom stereocenters. The highest BCUT2D eigenvalue weighted by atomic mass is 31.2. The Morgan fingerprint density at radius 3 is 2.45 bits per heavy atom. The van der Waals surface area contributed by atoms with Gasteiger partial charge in [-0.2, -0.15) is 0 Å². The molecule has 1 aromatic carbocycles. The Hall–Kier alpha value is -1.35. The van der Waals surface area contributed by atoms with E-state index in [0.29, 0.717) is 41.2 Å². The molecule has 9 nitrogen and oxygen atoms in total. The number of quaternary nitrogens is 1. The maximum absolute atomic E-state index is 11.3. The molecule has 2 aliphatic rings. The van der Waals surface area contributed by atoms with E-state index in [4.69, 9.17) is 18.7 Å². The topological polar surface area (TPSA) is 115 Å². The predicted molar refractivity (Wildman–Crippen MR) is 105 cm³/mol. The van der Waals surface area contributed by atoms with E-state index in [0.717, 1.165) is 25.7 Å². The van der Waals surface area contributed by atoms with Gasteiger partial charge in [0.2, 0.25) is 0 Å². The maximum Gasteiger partial charge on any atom is 0.474 e. The Morgan fingerprint density at radius 1 is 1.10 bits per heavy atom. The lowest BCUT2D eigenvalue weighted by atomic mass is 9.89. The van der Waals surface area contributed by atoms with Crippen molar-refractivity contribution >= 4 is 7.82 Å². The van der Waals surface area contributed by atoms with Crippen molar-refractivity contribution in [1.29, 1.82) is 0 Å². The highest BCUT2D eigenvalue weighted by Gasteiger charge is 2.50. The molecular weight excluding hydrogens is 401 g/mol. The van der Waals surface area contributed by atoms with Gasteiger partial charge in [-0.3, -0.25) is 4.48 Å². The minimum atomic E-state index is -4.61. The largest absolute Gasteiger partial charge is 0.493 e. The number of hydrogen-bond acceptors (Lipinski definition) is 6. The van der Waals surface area contributed by atoms with Crippen LogP contribution < -0.4 is 14.2 Å². The fourth-order valence-corrected chi connectivity index (χ4v) is 5.00. The molecule has 0 bridgehead atoms. The van der Waals surface area contributed by atoms with Crippen LogP contribution in [0.4, 0.5) is 0 Å². The minimum absolute atomic E-state index is 0.0273. The van der Waals surface area contributed by atoms with Crippen LogP contribution in [0.3, 0.4) is 0 Å². The van der Waals surface area contributed by atoms with Crippen LogP contribution in [0, 0.1) is 0 Å². The van der Waals surface area contributed by atoms with Crippen LogP contribution in [-0.2, 0) is 9.09 Å². The van der Waals surface area contributed by atoms with Gasteiger partial charge in [-0.25, -0.2) is 9.09 Å². The van der Waals surface area contributed by atoms with Crippen molar-refractivity contribution in [2.45, 2.75) is 50.4 Å². The third kappa shape index (κ3) is 5.42. The predicted octanol–water partition coefficient (Wildman–Crippen LogP) is 2.04. The van der Waals surface area contributed by atoms with Crippen LogP contribution in [-0.4, -0.2) is 71.7 Å². The summed E-state index contributed by atoms with van der Waals surface area (Å²) in [6, 6.07) is 5.36. The van der Waals surface area contributed by atoms with Crippen molar-refractivity contribution in [3.8, 4) is 17.2 Å². The van der Waals surface area contributed by atoms with Gasteiger partial charge < -0.3 is 29.1 Å². The first-order chi connectivity index (χ1) is 13.8. The molecule has 1 aromatic rings. The number of aliphatic hydroxyl groups is 1. The lowest BCUT2D eigenvalue weighted by Gasteiger charge is -2.46. The Balaban J connectivity index is 1.82. The van der Waals surface area contributed by atoms with Crippen LogP contribution in [0.15, 0.2) is 18.2 Å². The second-order valence-electron chi connectivity index (χ2n) is 7.84. The van der Waals surface area contributed by atoms with E-state index in [1.54, 1.807) is 26.4 Å². The number of aliphatic hydroxyl groups excluding tert-OH is 1. The number of likely N-dealkylation sites (tertiary alicyclic amines) is 1. The number of phosphoric ester groups is 1. The molecule has 10 heteroatoms. The van der Waals surface area contributed by atoms with Crippen LogP contribution >= 0.6 is 7.82 Å². The molecule has 3 rings (SSSR count). The van der Waals surface area contributed by atoms with Gasteiger partial charge in [0, 0.05) is 18.9 Å². The van der Waals surface area contributed by atoms with Crippen molar-refractivity contribution in [2.75, 3.05) is 34.0 Å². The van der Waals surface area contributed by atoms with Gasteiger partial charge in [-0.15, -0.1) is 0 Å². The average Bonchev–Trinajstić information content (AvgIpc) is 3.08. The quantitative estimate of drug-likeness (QED) is 0.422. The molecule has 1 saturated carbocycles. The zero-order valence-corrected chi connectivity index (χ0v) is 17.8. The summed E-state index contributed by atoms with van der Waals surface area (Å²) in [7, 11) is -1.47. The van der Waals surface area contributed by atoms with Crippen LogP contribution in [0.1, 0.15) is 32.1 Å². The van der Waals surface area contributed by atoms with Gasteiger partial charge in [-0.1, -0.05) is 0 Å². The SMILES string of the molecule is COc1ccc(O[C@@H]2CCCC[C@@H]2[N@@+]2(COP(=O)(O)O)CC[C@@H](O)C2)cc1OC. The summed E-state index contributed by atoms with van der Waals surface area (Å²) >= 11 is 0. The van der Waals surface area contributed by atoms with Crippen LogP contribution in [0.2, 0.25) is 0 Å². The summed E-state index contributed by atoms with van der Waals surface area (Å²) in [5, 5.41) is 10.2. The smallest absolute Gasteiger partial charge is 0.474 e. The van der Waals surface area contributed by atoms with Gasteiger partial charge in [0.25, 0.3) is 0 Å². The van der Waals surface area contributed by atoms with E-state index < -0.39 is 13.9 Å². The molecular formula is C19H31NO8P+. The number of methoxy groups -OCH3 is 2. The van der Waals surface area contributed by atoms with Gasteiger partial charge in [0.05, 0.1) is 20.8 Å². The van der Waals surface area contributed by atoms with Crippen LogP contribution in [0.5, 0.6) is 17.2 Å². The molecule has 0 radical (unpaired) electrons. The van der Waals surface area contributed by atoms with E-state index in [9.17, 15) is 19.5 Å². The highest BCUT2D eigenvalue weighted by Crippen LogP contribution is 2.41. The van der Waals surface area contributed by atoms with Gasteiger partial charge >= 0.3 is 7.82 Å². The van der Waals surface area contributed by atoms with E-state index >= 15 is 0 Å². The molecule has 29 heavy (non-hydrogen) atoms. The van der Waals surface area contributed by atoms with Gasteiger partial charge in [0.1, 0.15) is 24.4 Å². The van der Waals surface area contributed by atoms with Crippen molar-refractivity contribution in [3.63, 3.8) is 0 Å². The molecule has 0 amide bonds. The van der Waals surface area contributed by atoms with Crippen molar-refractivity contribution in [1.82, 2.24) is 0 Å². The third-order valence-electron chi connectivity index (χ3n) is 5.98. The first kappa shape index (κ1) is 22.3. The minimum Gasteiger partial charge on any atom is -0.493 e. The zero-order chi connectivity index (χ0) is 21.1. The summed E-state index contributed by atoms with van der Waals surface area (Å²) in [5.74, 6) is 1.83. The molecule has 1 saturated heterocycles. The molecule has 4 atom stereocenters. The number of nitrogens with zero attached hydrogens (tertiary/aromatic N) is 1.